The number of pyridine rings is 1. The number of carbonyl (C=O) groups is 1. The van der Waals surface area contributed by atoms with Crippen molar-refractivity contribution in [2.75, 3.05) is 31.1 Å². The van der Waals surface area contributed by atoms with Gasteiger partial charge in [-0.05, 0) is 37.5 Å². The van der Waals surface area contributed by atoms with Gasteiger partial charge in [-0.3, -0.25) is 9.78 Å². The lowest BCUT2D eigenvalue weighted by atomic mass is 9.79. The van der Waals surface area contributed by atoms with Gasteiger partial charge in [-0.15, -0.1) is 0 Å². The zero-order valence-corrected chi connectivity index (χ0v) is 13.6. The molecule has 4 rings (SSSR count). The first-order valence-electron chi connectivity index (χ1n) is 8.47. The van der Waals surface area contributed by atoms with Crippen molar-refractivity contribution in [3.63, 3.8) is 0 Å². The van der Waals surface area contributed by atoms with E-state index in [-0.39, 0.29) is 11.3 Å². The molecule has 2 aliphatic rings. The average molecular weight is 323 g/mol. The summed E-state index contributed by atoms with van der Waals surface area (Å²) in [7, 11) is 0. The van der Waals surface area contributed by atoms with Crippen LogP contribution < -0.4 is 4.90 Å². The Balaban J connectivity index is 1.48. The molecular weight excluding hydrogens is 302 g/mol. The Morgan fingerprint density at radius 1 is 1.04 bits per heavy atom. The van der Waals surface area contributed by atoms with Crippen molar-refractivity contribution < 1.29 is 4.79 Å². The van der Waals surface area contributed by atoms with Crippen molar-refractivity contribution in [2.24, 2.45) is 5.41 Å². The molecule has 0 unspecified atom stereocenters. The van der Waals surface area contributed by atoms with Gasteiger partial charge in [-0.2, -0.15) is 0 Å². The van der Waals surface area contributed by atoms with Crippen molar-refractivity contribution in [3.05, 3.63) is 48.5 Å². The third kappa shape index (κ3) is 2.84. The third-order valence-electron chi connectivity index (χ3n) is 5.13. The van der Waals surface area contributed by atoms with Crippen LogP contribution in [0.2, 0.25) is 0 Å². The Bertz CT molecular complexity index is 708. The predicted molar refractivity (Wildman–Crippen MR) is 90.7 cm³/mol. The summed E-state index contributed by atoms with van der Waals surface area (Å²) in [5, 5.41) is 0. The van der Waals surface area contributed by atoms with Crippen molar-refractivity contribution in [2.45, 2.75) is 19.3 Å². The second kappa shape index (κ2) is 6.19. The summed E-state index contributed by atoms with van der Waals surface area (Å²) in [6, 6.07) is 5.50. The summed E-state index contributed by atoms with van der Waals surface area (Å²) in [5.41, 5.74) is 0.839. The third-order valence-corrected chi connectivity index (χ3v) is 5.13. The van der Waals surface area contributed by atoms with E-state index >= 15 is 0 Å². The molecule has 6 heteroatoms. The molecule has 1 atom stereocenters. The highest BCUT2D eigenvalue weighted by Gasteiger charge is 2.43. The van der Waals surface area contributed by atoms with Crippen LogP contribution in [0.3, 0.4) is 0 Å². The van der Waals surface area contributed by atoms with Crippen molar-refractivity contribution in [1.29, 1.82) is 0 Å². The van der Waals surface area contributed by atoms with Gasteiger partial charge in [-0.1, -0.05) is 0 Å². The van der Waals surface area contributed by atoms with Gasteiger partial charge in [0.2, 0.25) is 5.95 Å². The monoisotopic (exact) mass is 323 g/mol. The van der Waals surface area contributed by atoms with Crippen LogP contribution in [0.25, 0.3) is 0 Å². The molecule has 0 aliphatic carbocycles. The van der Waals surface area contributed by atoms with Gasteiger partial charge in [0.05, 0.1) is 5.56 Å². The summed E-state index contributed by atoms with van der Waals surface area (Å²) >= 11 is 0. The van der Waals surface area contributed by atoms with E-state index in [4.69, 9.17) is 0 Å². The number of anilines is 1. The lowest BCUT2D eigenvalue weighted by molar-refractivity contribution is 0.0556. The van der Waals surface area contributed by atoms with Gasteiger partial charge >= 0.3 is 0 Å². The molecule has 0 bridgehead atoms. The lowest BCUT2D eigenvalue weighted by Crippen LogP contribution is -2.47. The number of hydrogen-bond acceptors (Lipinski definition) is 5. The molecule has 4 heterocycles. The highest BCUT2D eigenvalue weighted by molar-refractivity contribution is 5.94. The predicted octanol–water partition coefficient (Wildman–Crippen LogP) is 2.00. The first kappa shape index (κ1) is 15.1. The molecule has 2 saturated heterocycles. The van der Waals surface area contributed by atoms with Crippen molar-refractivity contribution in [1.82, 2.24) is 19.9 Å². The molecule has 2 aromatic heterocycles. The van der Waals surface area contributed by atoms with Crippen LogP contribution in [-0.4, -0.2) is 51.9 Å². The molecule has 2 aromatic rings. The molecule has 0 radical (unpaired) electrons. The number of nitrogens with zero attached hydrogens (tertiary/aromatic N) is 5. The molecule has 124 valence electrons. The topological polar surface area (TPSA) is 62.2 Å². The molecular formula is C18H21N5O. The van der Waals surface area contributed by atoms with Crippen LogP contribution >= 0.6 is 0 Å². The fraction of sp³-hybridized carbons (Fsp3) is 0.444. The zero-order valence-electron chi connectivity index (χ0n) is 13.6. The first-order valence-corrected chi connectivity index (χ1v) is 8.47. The number of rotatable bonds is 2. The minimum absolute atomic E-state index is 0.0941. The van der Waals surface area contributed by atoms with Crippen molar-refractivity contribution in [3.8, 4) is 0 Å². The molecule has 0 N–H and O–H groups in total. The fourth-order valence-corrected chi connectivity index (χ4v) is 3.95. The number of hydrogen-bond donors (Lipinski definition) is 0. The van der Waals surface area contributed by atoms with Crippen LogP contribution in [0.5, 0.6) is 0 Å². The Labute approximate surface area is 141 Å². The van der Waals surface area contributed by atoms with Gasteiger partial charge in [0.1, 0.15) is 0 Å². The van der Waals surface area contributed by atoms with Gasteiger partial charge in [0, 0.05) is 56.4 Å². The van der Waals surface area contributed by atoms with E-state index in [0.717, 1.165) is 51.4 Å². The van der Waals surface area contributed by atoms with E-state index in [9.17, 15) is 4.79 Å². The number of likely N-dealkylation sites (tertiary alicyclic amines) is 1. The molecule has 0 saturated carbocycles. The molecule has 1 spiro atoms. The Kier molecular flexibility index (Phi) is 3.88. The maximum atomic E-state index is 12.7. The molecule has 2 aliphatic heterocycles. The van der Waals surface area contributed by atoms with Crippen LogP contribution in [0.4, 0.5) is 5.95 Å². The highest BCUT2D eigenvalue weighted by atomic mass is 16.2. The van der Waals surface area contributed by atoms with Gasteiger partial charge in [-0.25, -0.2) is 9.97 Å². The standard InChI is InChI=1S/C18H21N5O/c24-16(15-4-1-7-19-12-15)22-10-2-5-18(13-22)6-11-23(14-18)17-20-8-3-9-21-17/h1,3-4,7-9,12H,2,5-6,10-11,13-14H2/t18-/m0/s1. The largest absolute Gasteiger partial charge is 0.340 e. The number of aromatic nitrogens is 3. The van der Waals surface area contributed by atoms with Gasteiger partial charge in [0.25, 0.3) is 5.91 Å². The fourth-order valence-electron chi connectivity index (χ4n) is 3.95. The zero-order chi connectivity index (χ0) is 16.4. The van der Waals surface area contributed by atoms with Crippen LogP contribution in [0, 0.1) is 5.41 Å². The van der Waals surface area contributed by atoms with E-state index in [1.54, 1.807) is 24.8 Å². The normalized spacial score (nSPS) is 23.7. The molecule has 1 amide bonds. The summed E-state index contributed by atoms with van der Waals surface area (Å²) < 4.78 is 0. The quantitative estimate of drug-likeness (QED) is 0.846. The minimum Gasteiger partial charge on any atom is -0.340 e. The summed E-state index contributed by atoms with van der Waals surface area (Å²) in [6.45, 7) is 3.52. The lowest BCUT2D eigenvalue weighted by Gasteiger charge is -2.40. The van der Waals surface area contributed by atoms with E-state index in [1.165, 1.54) is 0 Å². The Morgan fingerprint density at radius 3 is 2.71 bits per heavy atom. The maximum absolute atomic E-state index is 12.7. The minimum atomic E-state index is 0.0941. The summed E-state index contributed by atoms with van der Waals surface area (Å²) in [6.07, 6.45) is 10.2. The Morgan fingerprint density at radius 2 is 1.92 bits per heavy atom. The van der Waals surface area contributed by atoms with Gasteiger partial charge < -0.3 is 9.80 Å². The Hall–Kier alpha value is -2.50. The number of carbonyl (C=O) groups excluding carboxylic acids is 1. The van der Waals surface area contributed by atoms with Gasteiger partial charge in [0.15, 0.2) is 0 Å². The van der Waals surface area contributed by atoms with Crippen LogP contribution in [0.15, 0.2) is 43.0 Å². The number of amides is 1. The van der Waals surface area contributed by atoms with E-state index in [0.29, 0.717) is 5.56 Å². The van der Waals surface area contributed by atoms with Crippen LogP contribution in [-0.2, 0) is 0 Å². The number of piperidine rings is 1. The SMILES string of the molecule is O=C(c1cccnc1)N1CCC[C@]2(CCN(c3ncccn3)C2)C1. The average Bonchev–Trinajstić information content (AvgIpc) is 3.06. The summed E-state index contributed by atoms with van der Waals surface area (Å²) in [5.74, 6) is 0.890. The molecule has 24 heavy (non-hydrogen) atoms. The molecule has 0 aromatic carbocycles. The van der Waals surface area contributed by atoms with Crippen molar-refractivity contribution >= 4 is 11.9 Å². The first-order chi connectivity index (χ1) is 11.8. The summed E-state index contributed by atoms with van der Waals surface area (Å²) in [4.78, 5) is 29.8. The molecule has 2 fully saturated rings. The molecule has 6 nitrogen and oxygen atoms in total. The smallest absolute Gasteiger partial charge is 0.255 e. The van der Waals surface area contributed by atoms with E-state index < -0.39 is 0 Å². The van der Waals surface area contributed by atoms with E-state index in [2.05, 4.69) is 19.9 Å². The maximum Gasteiger partial charge on any atom is 0.255 e. The second-order valence-electron chi connectivity index (χ2n) is 6.79. The second-order valence-corrected chi connectivity index (χ2v) is 6.79. The highest BCUT2D eigenvalue weighted by Crippen LogP contribution is 2.40. The van der Waals surface area contributed by atoms with E-state index in [1.807, 2.05) is 23.1 Å². The van der Waals surface area contributed by atoms with Crippen LogP contribution in [0.1, 0.15) is 29.6 Å².